The van der Waals surface area contributed by atoms with Gasteiger partial charge in [-0.3, -0.25) is 4.98 Å². The van der Waals surface area contributed by atoms with Crippen molar-refractivity contribution < 1.29 is 0 Å². The van der Waals surface area contributed by atoms with Gasteiger partial charge in [0.2, 0.25) is 0 Å². The fraction of sp³-hybridized carbons (Fsp3) is 0.143. The fourth-order valence-corrected chi connectivity index (χ4v) is 2.92. The van der Waals surface area contributed by atoms with Crippen LogP contribution < -0.4 is 5.73 Å². The Labute approximate surface area is 109 Å². The van der Waals surface area contributed by atoms with Crippen LogP contribution in [0.1, 0.15) is 16.1 Å². The summed E-state index contributed by atoms with van der Waals surface area (Å²) in [6, 6.07) is 10.3. The topological polar surface area (TPSA) is 51.8 Å². The molecule has 0 aliphatic heterocycles. The van der Waals surface area contributed by atoms with E-state index in [1.54, 1.807) is 11.3 Å². The van der Waals surface area contributed by atoms with Crippen molar-refractivity contribution in [3.63, 3.8) is 0 Å². The second kappa shape index (κ2) is 4.84. The van der Waals surface area contributed by atoms with Gasteiger partial charge in [0.15, 0.2) is 0 Å². The average molecular weight is 255 g/mol. The highest BCUT2D eigenvalue weighted by Gasteiger charge is 2.04. The maximum absolute atomic E-state index is 5.62. The molecule has 0 radical (unpaired) electrons. The number of thiazole rings is 1. The first kappa shape index (κ1) is 11.3. The number of fused-ring (bicyclic) bond motifs is 1. The molecule has 2 aromatic heterocycles. The van der Waals surface area contributed by atoms with Gasteiger partial charge in [-0.2, -0.15) is 0 Å². The van der Waals surface area contributed by atoms with Crippen molar-refractivity contribution in [3.05, 3.63) is 58.9 Å². The van der Waals surface area contributed by atoms with E-state index >= 15 is 0 Å². The molecule has 2 heterocycles. The Hall–Kier alpha value is -1.78. The second-order valence-corrected chi connectivity index (χ2v) is 5.27. The minimum Gasteiger partial charge on any atom is -0.326 e. The maximum atomic E-state index is 5.62. The van der Waals surface area contributed by atoms with Crippen LogP contribution in [0.25, 0.3) is 10.2 Å². The molecule has 3 nitrogen and oxygen atoms in total. The Kier molecular flexibility index (Phi) is 3.04. The summed E-state index contributed by atoms with van der Waals surface area (Å²) in [7, 11) is 0. The third kappa shape index (κ3) is 2.25. The molecule has 0 spiro atoms. The first-order valence-corrected chi connectivity index (χ1v) is 6.64. The summed E-state index contributed by atoms with van der Waals surface area (Å²) in [5.74, 6) is 0. The number of rotatable bonds is 3. The van der Waals surface area contributed by atoms with E-state index in [0.717, 1.165) is 28.1 Å². The summed E-state index contributed by atoms with van der Waals surface area (Å²) < 4.78 is 1.23. The SMILES string of the molecule is NCc1cncc(Cc2nc3ccccc3s2)c1. The van der Waals surface area contributed by atoms with Gasteiger partial charge in [-0.15, -0.1) is 11.3 Å². The standard InChI is InChI=1S/C14H13N3S/c15-7-11-5-10(8-16-9-11)6-14-17-12-3-1-2-4-13(12)18-14/h1-5,8-9H,6-7,15H2. The predicted molar refractivity (Wildman–Crippen MR) is 74.6 cm³/mol. The van der Waals surface area contributed by atoms with Gasteiger partial charge in [0, 0.05) is 25.4 Å². The number of hydrogen-bond donors (Lipinski definition) is 1. The minimum absolute atomic E-state index is 0.528. The molecule has 0 fully saturated rings. The highest BCUT2D eigenvalue weighted by molar-refractivity contribution is 7.18. The van der Waals surface area contributed by atoms with Gasteiger partial charge in [-0.1, -0.05) is 18.2 Å². The van der Waals surface area contributed by atoms with Crippen LogP contribution in [0.3, 0.4) is 0 Å². The highest BCUT2D eigenvalue weighted by Crippen LogP contribution is 2.23. The van der Waals surface area contributed by atoms with Gasteiger partial charge in [0.25, 0.3) is 0 Å². The van der Waals surface area contributed by atoms with Crippen molar-refractivity contribution in [2.24, 2.45) is 5.73 Å². The molecule has 0 saturated carbocycles. The molecule has 0 atom stereocenters. The van der Waals surface area contributed by atoms with E-state index < -0.39 is 0 Å². The van der Waals surface area contributed by atoms with Crippen LogP contribution in [0.4, 0.5) is 0 Å². The monoisotopic (exact) mass is 255 g/mol. The molecule has 90 valence electrons. The van der Waals surface area contributed by atoms with Crippen molar-refractivity contribution >= 4 is 21.6 Å². The summed E-state index contributed by atoms with van der Waals surface area (Å²) >= 11 is 1.74. The Bertz CT molecular complexity index is 642. The van der Waals surface area contributed by atoms with Gasteiger partial charge < -0.3 is 5.73 Å². The third-order valence-electron chi connectivity index (χ3n) is 2.78. The Morgan fingerprint density at radius 3 is 2.78 bits per heavy atom. The van der Waals surface area contributed by atoms with Crippen LogP contribution in [0, 0.1) is 0 Å². The Morgan fingerprint density at radius 1 is 1.11 bits per heavy atom. The molecular formula is C14H13N3S. The highest BCUT2D eigenvalue weighted by atomic mass is 32.1. The molecular weight excluding hydrogens is 242 g/mol. The summed E-state index contributed by atoms with van der Waals surface area (Å²) in [6.45, 7) is 0.528. The van der Waals surface area contributed by atoms with Crippen LogP contribution in [0.15, 0.2) is 42.7 Å². The molecule has 4 heteroatoms. The molecule has 0 aliphatic carbocycles. The molecule has 3 rings (SSSR count). The van der Waals surface area contributed by atoms with Crippen LogP contribution in [-0.4, -0.2) is 9.97 Å². The van der Waals surface area contributed by atoms with Gasteiger partial charge in [0.05, 0.1) is 15.2 Å². The number of hydrogen-bond acceptors (Lipinski definition) is 4. The summed E-state index contributed by atoms with van der Waals surface area (Å²) in [5, 5.41) is 1.12. The number of benzene rings is 1. The lowest BCUT2D eigenvalue weighted by Gasteiger charge is -2.00. The van der Waals surface area contributed by atoms with Gasteiger partial charge in [0.1, 0.15) is 0 Å². The number of aromatic nitrogens is 2. The zero-order chi connectivity index (χ0) is 12.4. The van der Waals surface area contributed by atoms with Crippen LogP contribution >= 0.6 is 11.3 Å². The minimum atomic E-state index is 0.528. The van der Waals surface area contributed by atoms with Crippen molar-refractivity contribution in [2.75, 3.05) is 0 Å². The lowest BCUT2D eigenvalue weighted by atomic mass is 10.1. The molecule has 3 aromatic rings. The van der Waals surface area contributed by atoms with E-state index in [-0.39, 0.29) is 0 Å². The molecule has 1 aromatic carbocycles. The van der Waals surface area contributed by atoms with E-state index in [4.69, 9.17) is 5.73 Å². The number of pyridine rings is 1. The van der Waals surface area contributed by atoms with Crippen LogP contribution in [0.5, 0.6) is 0 Å². The fourth-order valence-electron chi connectivity index (χ4n) is 1.92. The first-order chi connectivity index (χ1) is 8.85. The first-order valence-electron chi connectivity index (χ1n) is 5.82. The van der Waals surface area contributed by atoms with Crippen LogP contribution in [-0.2, 0) is 13.0 Å². The quantitative estimate of drug-likeness (QED) is 0.783. The average Bonchev–Trinajstić information content (AvgIpc) is 2.81. The summed E-state index contributed by atoms with van der Waals surface area (Å²) in [4.78, 5) is 8.83. The molecule has 0 bridgehead atoms. The number of para-hydroxylation sites is 1. The van der Waals surface area contributed by atoms with Crippen molar-refractivity contribution in [3.8, 4) is 0 Å². The smallest absolute Gasteiger partial charge is 0.0983 e. The molecule has 0 amide bonds. The van der Waals surface area contributed by atoms with Gasteiger partial charge in [-0.25, -0.2) is 4.98 Å². The van der Waals surface area contributed by atoms with Gasteiger partial charge >= 0.3 is 0 Å². The lowest BCUT2D eigenvalue weighted by molar-refractivity contribution is 1.02. The lowest BCUT2D eigenvalue weighted by Crippen LogP contribution is -1.98. The number of nitrogens with two attached hydrogens (primary N) is 1. The molecule has 0 saturated heterocycles. The van der Waals surface area contributed by atoms with E-state index in [1.807, 2.05) is 30.6 Å². The molecule has 0 unspecified atom stereocenters. The normalized spacial score (nSPS) is 10.9. The molecule has 18 heavy (non-hydrogen) atoms. The van der Waals surface area contributed by atoms with E-state index in [2.05, 4.69) is 22.1 Å². The summed E-state index contributed by atoms with van der Waals surface area (Å²) in [5.41, 5.74) is 8.92. The van der Waals surface area contributed by atoms with E-state index in [9.17, 15) is 0 Å². The third-order valence-corrected chi connectivity index (χ3v) is 3.82. The maximum Gasteiger partial charge on any atom is 0.0983 e. The van der Waals surface area contributed by atoms with Crippen molar-refractivity contribution in [1.82, 2.24) is 9.97 Å². The second-order valence-electron chi connectivity index (χ2n) is 4.16. The van der Waals surface area contributed by atoms with Crippen LogP contribution in [0.2, 0.25) is 0 Å². The zero-order valence-electron chi connectivity index (χ0n) is 9.84. The predicted octanol–water partition coefficient (Wildman–Crippen LogP) is 2.74. The van der Waals surface area contributed by atoms with E-state index in [1.165, 1.54) is 4.70 Å². The Morgan fingerprint density at radius 2 is 1.94 bits per heavy atom. The molecule has 2 N–H and O–H groups in total. The largest absolute Gasteiger partial charge is 0.326 e. The Balaban J connectivity index is 1.91. The summed E-state index contributed by atoms with van der Waals surface area (Å²) in [6.07, 6.45) is 4.51. The van der Waals surface area contributed by atoms with Crippen molar-refractivity contribution in [1.29, 1.82) is 0 Å². The van der Waals surface area contributed by atoms with E-state index in [0.29, 0.717) is 6.54 Å². The van der Waals surface area contributed by atoms with Gasteiger partial charge in [-0.05, 0) is 23.3 Å². The van der Waals surface area contributed by atoms with Crippen molar-refractivity contribution in [2.45, 2.75) is 13.0 Å². The molecule has 0 aliphatic rings. The zero-order valence-corrected chi connectivity index (χ0v) is 10.7. The number of nitrogens with zero attached hydrogens (tertiary/aromatic N) is 2.